The number of benzene rings is 1. The summed E-state index contributed by atoms with van der Waals surface area (Å²) in [6.45, 7) is 0.615. The fraction of sp³-hybridized carbons (Fsp3) is 0.353. The number of carbonyl (C=O) groups is 1. The van der Waals surface area contributed by atoms with Crippen molar-refractivity contribution in [1.29, 1.82) is 0 Å². The van der Waals surface area contributed by atoms with E-state index in [2.05, 4.69) is 10.6 Å². The molecule has 1 aromatic carbocycles. The minimum absolute atomic E-state index is 0.189. The van der Waals surface area contributed by atoms with Crippen LogP contribution in [0.25, 0.3) is 10.4 Å². The van der Waals surface area contributed by atoms with Crippen LogP contribution in [-0.2, 0) is 0 Å². The average molecular weight is 316 g/mol. The number of thiophene rings is 1. The number of para-hydroxylation sites is 1. The molecule has 1 aliphatic carbocycles. The fourth-order valence-electron chi connectivity index (χ4n) is 2.88. The van der Waals surface area contributed by atoms with E-state index in [0.717, 1.165) is 35.4 Å². The summed E-state index contributed by atoms with van der Waals surface area (Å²) in [7, 11) is 0. The molecule has 3 rings (SSSR count). The van der Waals surface area contributed by atoms with Gasteiger partial charge in [0, 0.05) is 17.0 Å². The molecular weight excluding hydrogens is 296 g/mol. The van der Waals surface area contributed by atoms with Crippen molar-refractivity contribution in [3.8, 4) is 10.4 Å². The van der Waals surface area contributed by atoms with Gasteiger partial charge >= 0.3 is 6.03 Å². The molecule has 0 radical (unpaired) electrons. The Kier molecular flexibility index (Phi) is 4.75. The molecule has 1 aliphatic rings. The van der Waals surface area contributed by atoms with Crippen molar-refractivity contribution in [3.05, 3.63) is 41.8 Å². The Hall–Kier alpha value is -1.85. The van der Waals surface area contributed by atoms with Gasteiger partial charge in [-0.3, -0.25) is 0 Å². The predicted octanol–water partition coefficient (Wildman–Crippen LogP) is 3.70. The third-order valence-electron chi connectivity index (χ3n) is 4.03. The zero-order valence-electron chi connectivity index (χ0n) is 12.3. The predicted molar refractivity (Wildman–Crippen MR) is 90.1 cm³/mol. The molecule has 1 fully saturated rings. The highest BCUT2D eigenvalue weighted by molar-refractivity contribution is 7.13. The zero-order valence-corrected chi connectivity index (χ0v) is 13.1. The minimum Gasteiger partial charge on any atom is -0.393 e. The number of aliphatic hydroxyl groups excluding tert-OH is 1. The quantitative estimate of drug-likeness (QED) is 0.805. The average Bonchev–Trinajstić information content (AvgIpc) is 3.17. The fourth-order valence-corrected chi connectivity index (χ4v) is 3.64. The van der Waals surface area contributed by atoms with Crippen LogP contribution in [0.1, 0.15) is 19.3 Å². The summed E-state index contributed by atoms with van der Waals surface area (Å²) in [5, 5.41) is 17.4. The van der Waals surface area contributed by atoms with Gasteiger partial charge in [-0.05, 0) is 42.7 Å². The van der Waals surface area contributed by atoms with Gasteiger partial charge in [-0.1, -0.05) is 24.3 Å². The SMILES string of the molecule is O=C(NC[C@@H]1CC[C@@H](O)C1)Nc1ccccc1-c1cccs1. The second kappa shape index (κ2) is 6.94. The monoisotopic (exact) mass is 316 g/mol. The maximum absolute atomic E-state index is 12.1. The molecule has 1 saturated carbocycles. The summed E-state index contributed by atoms with van der Waals surface area (Å²) in [5.41, 5.74) is 1.85. The van der Waals surface area contributed by atoms with Crippen molar-refractivity contribution < 1.29 is 9.90 Å². The molecule has 0 bridgehead atoms. The molecule has 116 valence electrons. The van der Waals surface area contributed by atoms with Crippen LogP contribution >= 0.6 is 11.3 Å². The lowest BCUT2D eigenvalue weighted by atomic mass is 10.1. The van der Waals surface area contributed by atoms with Gasteiger partial charge in [-0.25, -0.2) is 4.79 Å². The van der Waals surface area contributed by atoms with E-state index in [1.54, 1.807) is 11.3 Å². The number of urea groups is 1. The van der Waals surface area contributed by atoms with E-state index in [-0.39, 0.29) is 12.1 Å². The van der Waals surface area contributed by atoms with Crippen LogP contribution in [0.4, 0.5) is 10.5 Å². The van der Waals surface area contributed by atoms with E-state index in [9.17, 15) is 9.90 Å². The van der Waals surface area contributed by atoms with Gasteiger partial charge < -0.3 is 15.7 Å². The number of aliphatic hydroxyl groups is 1. The van der Waals surface area contributed by atoms with Gasteiger partial charge in [0.15, 0.2) is 0 Å². The highest BCUT2D eigenvalue weighted by atomic mass is 32.1. The first-order valence-corrected chi connectivity index (χ1v) is 8.46. The second-order valence-corrected chi connectivity index (χ2v) is 6.64. The van der Waals surface area contributed by atoms with E-state index < -0.39 is 0 Å². The maximum Gasteiger partial charge on any atom is 0.319 e. The van der Waals surface area contributed by atoms with Crippen molar-refractivity contribution in [3.63, 3.8) is 0 Å². The van der Waals surface area contributed by atoms with Crippen LogP contribution in [0.15, 0.2) is 41.8 Å². The number of hydrogen-bond acceptors (Lipinski definition) is 3. The van der Waals surface area contributed by atoms with Crippen LogP contribution in [0.2, 0.25) is 0 Å². The lowest BCUT2D eigenvalue weighted by Gasteiger charge is -2.13. The maximum atomic E-state index is 12.1. The molecule has 1 aromatic heterocycles. The van der Waals surface area contributed by atoms with Crippen LogP contribution in [0, 0.1) is 5.92 Å². The first-order chi connectivity index (χ1) is 10.7. The molecule has 2 aromatic rings. The van der Waals surface area contributed by atoms with Gasteiger partial charge in [-0.2, -0.15) is 0 Å². The highest BCUT2D eigenvalue weighted by Gasteiger charge is 2.23. The first kappa shape index (κ1) is 15.1. The number of rotatable bonds is 4. The topological polar surface area (TPSA) is 61.4 Å². The summed E-state index contributed by atoms with van der Waals surface area (Å²) in [5.74, 6) is 0.383. The van der Waals surface area contributed by atoms with Gasteiger partial charge in [0.25, 0.3) is 0 Å². The zero-order chi connectivity index (χ0) is 15.4. The van der Waals surface area contributed by atoms with Gasteiger partial charge in [0.2, 0.25) is 0 Å². The molecule has 22 heavy (non-hydrogen) atoms. The van der Waals surface area contributed by atoms with Gasteiger partial charge in [0.1, 0.15) is 0 Å². The Morgan fingerprint density at radius 1 is 1.23 bits per heavy atom. The van der Waals surface area contributed by atoms with E-state index in [1.165, 1.54) is 0 Å². The lowest BCUT2D eigenvalue weighted by Crippen LogP contribution is -2.32. The van der Waals surface area contributed by atoms with Crippen molar-refractivity contribution >= 4 is 23.1 Å². The Morgan fingerprint density at radius 3 is 2.82 bits per heavy atom. The molecule has 3 N–H and O–H groups in total. The molecule has 2 amide bonds. The van der Waals surface area contributed by atoms with Crippen molar-refractivity contribution in [2.24, 2.45) is 5.92 Å². The number of nitrogens with one attached hydrogen (secondary N) is 2. The van der Waals surface area contributed by atoms with Crippen LogP contribution in [0.5, 0.6) is 0 Å². The number of anilines is 1. The van der Waals surface area contributed by atoms with Gasteiger partial charge in [-0.15, -0.1) is 11.3 Å². The van der Waals surface area contributed by atoms with Crippen LogP contribution < -0.4 is 10.6 Å². The van der Waals surface area contributed by atoms with Crippen molar-refractivity contribution in [2.75, 3.05) is 11.9 Å². The molecule has 0 saturated heterocycles. The van der Waals surface area contributed by atoms with Gasteiger partial charge in [0.05, 0.1) is 11.8 Å². The third-order valence-corrected chi connectivity index (χ3v) is 4.93. The Labute approximate surface area is 134 Å². The minimum atomic E-state index is -0.200. The normalized spacial score (nSPS) is 20.8. The molecular formula is C17H20N2O2S. The smallest absolute Gasteiger partial charge is 0.319 e. The summed E-state index contributed by atoms with van der Waals surface area (Å²) in [4.78, 5) is 13.2. The Balaban J connectivity index is 1.60. The van der Waals surface area contributed by atoms with Crippen molar-refractivity contribution in [2.45, 2.75) is 25.4 Å². The molecule has 5 heteroatoms. The van der Waals surface area contributed by atoms with E-state index >= 15 is 0 Å². The molecule has 0 spiro atoms. The number of carbonyl (C=O) groups excluding carboxylic acids is 1. The highest BCUT2D eigenvalue weighted by Crippen LogP contribution is 2.31. The molecule has 0 aliphatic heterocycles. The number of hydrogen-bond donors (Lipinski definition) is 3. The number of amides is 2. The standard InChI is InChI=1S/C17H20N2O2S/c20-13-8-7-12(10-13)11-18-17(21)19-15-5-2-1-4-14(15)16-6-3-9-22-16/h1-6,9,12-13,20H,7-8,10-11H2,(H2,18,19,21)/t12-,13-/m1/s1. The largest absolute Gasteiger partial charge is 0.393 e. The summed E-state index contributed by atoms with van der Waals surface area (Å²) in [6, 6.07) is 11.7. The van der Waals surface area contributed by atoms with Crippen LogP contribution in [-0.4, -0.2) is 23.8 Å². The molecule has 0 unspecified atom stereocenters. The van der Waals surface area contributed by atoms with Crippen LogP contribution in [0.3, 0.4) is 0 Å². The Morgan fingerprint density at radius 2 is 2.09 bits per heavy atom. The second-order valence-electron chi connectivity index (χ2n) is 5.69. The van der Waals surface area contributed by atoms with E-state index in [0.29, 0.717) is 12.5 Å². The van der Waals surface area contributed by atoms with E-state index in [4.69, 9.17) is 0 Å². The lowest BCUT2D eigenvalue weighted by molar-refractivity contribution is 0.177. The molecule has 4 nitrogen and oxygen atoms in total. The first-order valence-electron chi connectivity index (χ1n) is 7.58. The van der Waals surface area contributed by atoms with Crippen molar-refractivity contribution in [1.82, 2.24) is 5.32 Å². The third kappa shape index (κ3) is 3.67. The Bertz CT molecular complexity index is 627. The summed E-state index contributed by atoms with van der Waals surface area (Å²) < 4.78 is 0. The molecule has 2 atom stereocenters. The summed E-state index contributed by atoms with van der Waals surface area (Å²) >= 11 is 1.65. The summed E-state index contributed by atoms with van der Waals surface area (Å²) in [6.07, 6.45) is 2.41. The van der Waals surface area contributed by atoms with E-state index in [1.807, 2.05) is 41.8 Å². The molecule has 1 heterocycles.